The van der Waals surface area contributed by atoms with Crippen molar-refractivity contribution in [3.05, 3.63) is 83.9 Å². The summed E-state index contributed by atoms with van der Waals surface area (Å²) in [5.74, 6) is -0.698. The summed E-state index contributed by atoms with van der Waals surface area (Å²) in [6.07, 6.45) is 0. The van der Waals surface area contributed by atoms with Crippen molar-refractivity contribution in [1.29, 1.82) is 0 Å². The normalized spacial score (nSPS) is 10.2. The Morgan fingerprint density at radius 1 is 0.553 bits per heavy atom. The van der Waals surface area contributed by atoms with E-state index in [4.69, 9.17) is 18.9 Å². The van der Waals surface area contributed by atoms with E-state index in [0.29, 0.717) is 34.0 Å². The first kappa shape index (κ1) is 27.7. The van der Waals surface area contributed by atoms with Gasteiger partial charge in [-0.2, -0.15) is 0 Å². The molecule has 2 N–H and O–H groups in total. The molecule has 0 bridgehead atoms. The van der Waals surface area contributed by atoms with Gasteiger partial charge in [0.25, 0.3) is 11.8 Å². The van der Waals surface area contributed by atoms with Crippen molar-refractivity contribution >= 4 is 35.1 Å². The SMILES string of the molecule is CCOC(=O)COc1ccc(NC(=O)c2ccc(C(=O)Nc3ccc(OCC(=O)OCC)cc3)cc2)cc1. The molecule has 0 heterocycles. The fraction of sp³-hybridized carbons (Fsp3) is 0.214. The summed E-state index contributed by atoms with van der Waals surface area (Å²) in [4.78, 5) is 47.9. The van der Waals surface area contributed by atoms with Gasteiger partial charge in [0, 0.05) is 22.5 Å². The molecule has 0 aliphatic carbocycles. The van der Waals surface area contributed by atoms with Gasteiger partial charge in [0.2, 0.25) is 0 Å². The van der Waals surface area contributed by atoms with Crippen molar-refractivity contribution in [2.75, 3.05) is 37.1 Å². The standard InChI is InChI=1S/C28H28N2O8/c1-3-35-25(31)17-37-23-13-9-21(10-14-23)29-27(33)19-5-7-20(8-6-19)28(34)30-22-11-15-24(16-12-22)38-18-26(32)36-4-2/h5-16H,3-4,17-18H2,1-2H3,(H,29,33)(H,30,34). The molecule has 0 aromatic heterocycles. The van der Waals surface area contributed by atoms with E-state index in [1.54, 1.807) is 86.6 Å². The second kappa shape index (κ2) is 14.0. The molecule has 0 aliphatic rings. The van der Waals surface area contributed by atoms with Gasteiger partial charge in [-0.3, -0.25) is 9.59 Å². The van der Waals surface area contributed by atoms with Crippen molar-refractivity contribution in [3.63, 3.8) is 0 Å². The minimum atomic E-state index is -0.461. The van der Waals surface area contributed by atoms with Gasteiger partial charge in [-0.15, -0.1) is 0 Å². The molecule has 2 amide bonds. The molecule has 198 valence electrons. The highest BCUT2D eigenvalue weighted by atomic mass is 16.6. The molecule has 10 heteroatoms. The smallest absolute Gasteiger partial charge is 0.344 e. The minimum absolute atomic E-state index is 0.198. The summed E-state index contributed by atoms with van der Waals surface area (Å²) >= 11 is 0. The average Bonchev–Trinajstić information content (AvgIpc) is 2.92. The Kier molecular flexibility index (Phi) is 10.2. The van der Waals surface area contributed by atoms with E-state index in [1.807, 2.05) is 0 Å². The van der Waals surface area contributed by atoms with Crippen LogP contribution in [0.5, 0.6) is 11.5 Å². The van der Waals surface area contributed by atoms with Crippen LogP contribution < -0.4 is 20.1 Å². The monoisotopic (exact) mass is 520 g/mol. The van der Waals surface area contributed by atoms with Crippen molar-refractivity contribution in [1.82, 2.24) is 0 Å². The van der Waals surface area contributed by atoms with Crippen LogP contribution in [0.1, 0.15) is 34.6 Å². The molecule has 10 nitrogen and oxygen atoms in total. The van der Waals surface area contributed by atoms with E-state index in [2.05, 4.69) is 10.6 Å². The number of esters is 2. The predicted octanol–water partition coefficient (Wildman–Crippen LogP) is 4.08. The maximum Gasteiger partial charge on any atom is 0.344 e. The molecule has 0 saturated carbocycles. The number of benzene rings is 3. The van der Waals surface area contributed by atoms with Crippen LogP contribution in [-0.4, -0.2) is 50.2 Å². The molecule has 38 heavy (non-hydrogen) atoms. The molecule has 0 fully saturated rings. The Morgan fingerprint density at radius 3 is 1.21 bits per heavy atom. The number of anilines is 2. The topological polar surface area (TPSA) is 129 Å². The summed E-state index contributed by atoms with van der Waals surface area (Å²) in [5, 5.41) is 5.52. The van der Waals surface area contributed by atoms with Gasteiger partial charge < -0.3 is 29.6 Å². The van der Waals surface area contributed by atoms with Crippen LogP contribution in [-0.2, 0) is 19.1 Å². The first-order valence-electron chi connectivity index (χ1n) is 11.9. The quantitative estimate of drug-likeness (QED) is 0.342. The molecule has 3 aromatic carbocycles. The number of nitrogens with one attached hydrogen (secondary N) is 2. The number of carbonyl (C=O) groups is 4. The highest BCUT2D eigenvalue weighted by Gasteiger charge is 2.11. The van der Waals surface area contributed by atoms with Gasteiger partial charge in [0.1, 0.15) is 11.5 Å². The van der Waals surface area contributed by atoms with Crippen LogP contribution in [0, 0.1) is 0 Å². The van der Waals surface area contributed by atoms with Crippen LogP contribution in [0.2, 0.25) is 0 Å². The third-order valence-electron chi connectivity index (χ3n) is 4.96. The molecule has 3 aromatic rings. The molecule has 0 aliphatic heterocycles. The zero-order valence-corrected chi connectivity index (χ0v) is 21.0. The fourth-order valence-corrected chi connectivity index (χ4v) is 3.14. The Bertz CT molecular complexity index is 1140. The van der Waals surface area contributed by atoms with E-state index in [-0.39, 0.29) is 38.2 Å². The third-order valence-corrected chi connectivity index (χ3v) is 4.96. The Balaban J connectivity index is 1.49. The number of ether oxygens (including phenoxy) is 4. The van der Waals surface area contributed by atoms with Crippen LogP contribution in [0.15, 0.2) is 72.8 Å². The number of hydrogen-bond donors (Lipinski definition) is 2. The molecule has 0 saturated heterocycles. The van der Waals surface area contributed by atoms with Gasteiger partial charge in [-0.25, -0.2) is 9.59 Å². The van der Waals surface area contributed by atoms with Gasteiger partial charge in [0.05, 0.1) is 13.2 Å². The lowest BCUT2D eigenvalue weighted by molar-refractivity contribution is -0.146. The number of amides is 2. The van der Waals surface area contributed by atoms with E-state index in [9.17, 15) is 19.2 Å². The van der Waals surface area contributed by atoms with Crippen molar-refractivity contribution in [2.45, 2.75) is 13.8 Å². The van der Waals surface area contributed by atoms with E-state index in [0.717, 1.165) is 0 Å². The van der Waals surface area contributed by atoms with Crippen LogP contribution in [0.4, 0.5) is 11.4 Å². The number of rotatable bonds is 12. The molecular formula is C28H28N2O8. The van der Waals surface area contributed by atoms with E-state index in [1.165, 1.54) is 0 Å². The number of hydrogen-bond acceptors (Lipinski definition) is 8. The predicted molar refractivity (Wildman–Crippen MR) is 139 cm³/mol. The molecule has 3 rings (SSSR count). The molecule has 0 radical (unpaired) electrons. The zero-order chi connectivity index (χ0) is 27.3. The summed E-state index contributed by atoms with van der Waals surface area (Å²) in [6.45, 7) is 3.60. The maximum absolute atomic E-state index is 12.6. The zero-order valence-electron chi connectivity index (χ0n) is 21.0. The second-order valence-corrected chi connectivity index (χ2v) is 7.72. The van der Waals surface area contributed by atoms with Gasteiger partial charge in [0.15, 0.2) is 13.2 Å². The fourth-order valence-electron chi connectivity index (χ4n) is 3.14. The van der Waals surface area contributed by atoms with Gasteiger partial charge in [-0.1, -0.05) is 0 Å². The minimum Gasteiger partial charge on any atom is -0.482 e. The van der Waals surface area contributed by atoms with Gasteiger partial charge in [-0.05, 0) is 86.6 Å². The van der Waals surface area contributed by atoms with Gasteiger partial charge >= 0.3 is 11.9 Å². The summed E-state index contributed by atoms with van der Waals surface area (Å²) < 4.78 is 20.3. The summed E-state index contributed by atoms with van der Waals surface area (Å²) in [6, 6.07) is 19.3. The second-order valence-electron chi connectivity index (χ2n) is 7.72. The molecule has 0 spiro atoms. The highest BCUT2D eigenvalue weighted by molar-refractivity contribution is 6.07. The largest absolute Gasteiger partial charge is 0.482 e. The molecule has 0 atom stereocenters. The molecular weight excluding hydrogens is 492 g/mol. The first-order valence-corrected chi connectivity index (χ1v) is 11.9. The van der Waals surface area contributed by atoms with Crippen LogP contribution >= 0.6 is 0 Å². The lowest BCUT2D eigenvalue weighted by atomic mass is 10.1. The van der Waals surface area contributed by atoms with Crippen LogP contribution in [0.25, 0.3) is 0 Å². The van der Waals surface area contributed by atoms with Crippen LogP contribution in [0.3, 0.4) is 0 Å². The van der Waals surface area contributed by atoms with Crippen molar-refractivity contribution in [3.8, 4) is 11.5 Å². The lowest BCUT2D eigenvalue weighted by Gasteiger charge is -2.09. The molecule has 0 unspecified atom stereocenters. The summed E-state index contributed by atoms with van der Waals surface area (Å²) in [5.41, 5.74) is 1.81. The Labute approximate surface area is 219 Å². The third kappa shape index (κ3) is 8.66. The van der Waals surface area contributed by atoms with E-state index < -0.39 is 11.9 Å². The Hall–Kier alpha value is -4.86. The Morgan fingerprint density at radius 2 is 0.895 bits per heavy atom. The number of carbonyl (C=O) groups excluding carboxylic acids is 4. The van der Waals surface area contributed by atoms with E-state index >= 15 is 0 Å². The maximum atomic E-state index is 12.6. The van der Waals surface area contributed by atoms with Crippen molar-refractivity contribution < 1.29 is 38.1 Å². The first-order chi connectivity index (χ1) is 18.4. The average molecular weight is 521 g/mol. The summed E-state index contributed by atoms with van der Waals surface area (Å²) in [7, 11) is 0. The van der Waals surface area contributed by atoms with Crippen molar-refractivity contribution in [2.24, 2.45) is 0 Å². The highest BCUT2D eigenvalue weighted by Crippen LogP contribution is 2.18. The lowest BCUT2D eigenvalue weighted by Crippen LogP contribution is -2.15.